The third kappa shape index (κ3) is 29.2. The minimum absolute atomic E-state index is 0.126. The van der Waals surface area contributed by atoms with E-state index in [9.17, 15) is 25.2 Å². The highest BCUT2D eigenvalue weighted by Crippen LogP contribution is 2.22. The van der Waals surface area contributed by atoms with Gasteiger partial charge in [0.2, 0.25) is 0 Å². The van der Waals surface area contributed by atoms with E-state index in [4.69, 9.17) is 18.9 Å². The van der Waals surface area contributed by atoms with Crippen LogP contribution in [0, 0.1) is 0 Å². The summed E-state index contributed by atoms with van der Waals surface area (Å²) in [5.74, 6) is -0.332. The van der Waals surface area contributed by atoms with Crippen molar-refractivity contribution in [1.29, 1.82) is 0 Å². The Morgan fingerprint density at radius 3 is 1.62 bits per heavy atom. The summed E-state index contributed by atoms with van der Waals surface area (Å²) in [5, 5.41) is 40.1. The lowest BCUT2D eigenvalue weighted by molar-refractivity contribution is -0.305. The number of carbonyl (C=O) groups excluding carboxylic acids is 1. The van der Waals surface area contributed by atoms with E-state index in [0.717, 1.165) is 83.5 Å². The Bertz CT molecular complexity index is 1040. The number of hydrogen-bond donors (Lipinski definition) is 4. The fourth-order valence-corrected chi connectivity index (χ4v) is 6.36. The number of hydrogen-bond acceptors (Lipinski definition) is 9. The van der Waals surface area contributed by atoms with E-state index in [1.807, 2.05) is 0 Å². The molecule has 0 bridgehead atoms. The highest BCUT2D eigenvalue weighted by Gasteiger charge is 2.44. The number of aliphatic hydroxyl groups is 4. The molecule has 1 rings (SSSR count). The van der Waals surface area contributed by atoms with Crippen molar-refractivity contribution in [2.24, 2.45) is 0 Å². The molecule has 0 aromatic carbocycles. The number of unbranched alkanes of at least 4 members (excludes halogenated alkanes) is 16. The minimum atomic E-state index is -1.54. The van der Waals surface area contributed by atoms with Crippen LogP contribution >= 0.6 is 0 Å². The third-order valence-corrected chi connectivity index (χ3v) is 9.89. The Hall–Kier alpha value is -2.11. The molecule has 1 saturated heterocycles. The van der Waals surface area contributed by atoms with Crippen LogP contribution in [0.5, 0.6) is 0 Å². The second kappa shape index (κ2) is 38.4. The molecular weight excluding hydrogens is 709 g/mol. The number of allylic oxidation sites excluding steroid dienone is 10. The van der Waals surface area contributed by atoms with Gasteiger partial charge in [0.1, 0.15) is 30.5 Å². The maximum Gasteiger partial charge on any atom is 0.306 e. The van der Waals surface area contributed by atoms with Crippen molar-refractivity contribution in [1.82, 2.24) is 0 Å². The van der Waals surface area contributed by atoms with Gasteiger partial charge in [-0.3, -0.25) is 4.79 Å². The minimum Gasteiger partial charge on any atom is -0.457 e. The molecule has 1 heterocycles. The normalized spacial score (nSPS) is 21.1. The lowest BCUT2D eigenvalue weighted by Gasteiger charge is -2.39. The number of ether oxygens (including phenoxy) is 4. The Kier molecular flexibility index (Phi) is 35.6. The molecule has 0 radical (unpaired) electrons. The highest BCUT2D eigenvalue weighted by atomic mass is 16.7. The van der Waals surface area contributed by atoms with Crippen molar-refractivity contribution in [2.45, 2.75) is 205 Å². The zero-order valence-corrected chi connectivity index (χ0v) is 35.4. The topological polar surface area (TPSA) is 135 Å². The van der Waals surface area contributed by atoms with Crippen molar-refractivity contribution in [3.8, 4) is 0 Å². The van der Waals surface area contributed by atoms with Crippen LogP contribution < -0.4 is 0 Å². The lowest BCUT2D eigenvalue weighted by Crippen LogP contribution is -2.59. The molecule has 324 valence electrons. The van der Waals surface area contributed by atoms with Gasteiger partial charge in [0.15, 0.2) is 6.29 Å². The zero-order valence-electron chi connectivity index (χ0n) is 35.4. The summed E-state index contributed by atoms with van der Waals surface area (Å²) in [6.45, 7) is 4.42. The maximum absolute atomic E-state index is 12.8. The summed E-state index contributed by atoms with van der Waals surface area (Å²) < 4.78 is 22.8. The third-order valence-electron chi connectivity index (χ3n) is 9.89. The molecule has 9 heteroatoms. The summed E-state index contributed by atoms with van der Waals surface area (Å²) in [7, 11) is 0. The average molecular weight is 791 g/mol. The molecule has 1 aliphatic heterocycles. The van der Waals surface area contributed by atoms with E-state index in [1.165, 1.54) is 64.2 Å². The first kappa shape index (κ1) is 51.9. The molecule has 0 aliphatic carbocycles. The van der Waals surface area contributed by atoms with E-state index in [2.05, 4.69) is 74.6 Å². The van der Waals surface area contributed by atoms with Gasteiger partial charge in [0, 0.05) is 13.0 Å². The molecule has 0 amide bonds. The van der Waals surface area contributed by atoms with Crippen LogP contribution in [0.15, 0.2) is 60.8 Å². The van der Waals surface area contributed by atoms with E-state index in [0.29, 0.717) is 13.0 Å². The molecule has 0 aromatic rings. The van der Waals surface area contributed by atoms with Crippen molar-refractivity contribution < 1.29 is 44.2 Å². The number of aliphatic hydroxyl groups excluding tert-OH is 4. The SMILES string of the molecule is CCC/C=C\C/C=C\CCCCCCCCOCC(COC1OC(CO)C(O)C(O)C1O)OC(=O)CCCCCCCC/C=C\C/C=C\C/C=C\CCCCC. The number of rotatable bonds is 37. The molecular formula is C47H82O9. The largest absolute Gasteiger partial charge is 0.457 e. The van der Waals surface area contributed by atoms with E-state index >= 15 is 0 Å². The van der Waals surface area contributed by atoms with Gasteiger partial charge in [0.05, 0.1) is 19.8 Å². The maximum atomic E-state index is 12.8. The first-order valence-electron chi connectivity index (χ1n) is 22.4. The Balaban J connectivity index is 2.29. The Morgan fingerprint density at radius 1 is 0.571 bits per heavy atom. The van der Waals surface area contributed by atoms with Crippen LogP contribution in [0.2, 0.25) is 0 Å². The molecule has 9 nitrogen and oxygen atoms in total. The molecule has 0 spiro atoms. The van der Waals surface area contributed by atoms with E-state index in [1.54, 1.807) is 0 Å². The second-order valence-corrected chi connectivity index (χ2v) is 15.1. The van der Waals surface area contributed by atoms with Gasteiger partial charge in [-0.15, -0.1) is 0 Å². The molecule has 6 unspecified atom stereocenters. The van der Waals surface area contributed by atoms with Gasteiger partial charge < -0.3 is 39.4 Å². The summed E-state index contributed by atoms with van der Waals surface area (Å²) in [4.78, 5) is 12.8. The fourth-order valence-electron chi connectivity index (χ4n) is 6.36. The Morgan fingerprint density at radius 2 is 1.07 bits per heavy atom. The van der Waals surface area contributed by atoms with Crippen molar-refractivity contribution >= 4 is 5.97 Å². The molecule has 4 N–H and O–H groups in total. The van der Waals surface area contributed by atoms with Gasteiger partial charge in [-0.25, -0.2) is 0 Å². The first-order chi connectivity index (χ1) is 27.4. The van der Waals surface area contributed by atoms with Crippen LogP contribution in [0.4, 0.5) is 0 Å². The van der Waals surface area contributed by atoms with Crippen LogP contribution in [-0.2, 0) is 23.7 Å². The summed E-state index contributed by atoms with van der Waals surface area (Å²) in [5.41, 5.74) is 0. The van der Waals surface area contributed by atoms with Gasteiger partial charge >= 0.3 is 5.97 Å². The summed E-state index contributed by atoms with van der Waals surface area (Å²) >= 11 is 0. The number of carbonyl (C=O) groups is 1. The van der Waals surface area contributed by atoms with E-state index < -0.39 is 43.4 Å². The molecule has 0 aromatic heterocycles. The van der Waals surface area contributed by atoms with Crippen molar-refractivity contribution in [3.63, 3.8) is 0 Å². The highest BCUT2D eigenvalue weighted by molar-refractivity contribution is 5.69. The average Bonchev–Trinajstić information content (AvgIpc) is 3.20. The fraction of sp³-hybridized carbons (Fsp3) is 0.766. The monoisotopic (exact) mass is 791 g/mol. The zero-order chi connectivity index (χ0) is 40.7. The second-order valence-electron chi connectivity index (χ2n) is 15.1. The quantitative estimate of drug-likeness (QED) is 0.0276. The van der Waals surface area contributed by atoms with E-state index in [-0.39, 0.29) is 19.2 Å². The smallest absolute Gasteiger partial charge is 0.306 e. The predicted octanol–water partition coefficient (Wildman–Crippen LogP) is 9.91. The molecule has 6 atom stereocenters. The van der Waals surface area contributed by atoms with Crippen molar-refractivity contribution in [2.75, 3.05) is 26.4 Å². The molecule has 56 heavy (non-hydrogen) atoms. The molecule has 1 fully saturated rings. The first-order valence-corrected chi connectivity index (χ1v) is 22.4. The van der Waals surface area contributed by atoms with Gasteiger partial charge in [-0.1, -0.05) is 145 Å². The lowest BCUT2D eigenvalue weighted by atomic mass is 9.99. The van der Waals surface area contributed by atoms with Crippen molar-refractivity contribution in [3.05, 3.63) is 60.8 Å². The molecule has 1 aliphatic rings. The van der Waals surface area contributed by atoms with Crippen LogP contribution in [0.25, 0.3) is 0 Å². The number of esters is 1. The summed E-state index contributed by atoms with van der Waals surface area (Å²) in [6, 6.07) is 0. The summed E-state index contributed by atoms with van der Waals surface area (Å²) in [6.07, 6.45) is 40.9. The molecule has 0 saturated carbocycles. The van der Waals surface area contributed by atoms with Crippen LogP contribution in [0.1, 0.15) is 168 Å². The van der Waals surface area contributed by atoms with Crippen LogP contribution in [-0.4, -0.2) is 89.6 Å². The standard InChI is InChI=1S/C47H82O9/c1-3-5-7-9-11-13-15-17-19-20-21-22-23-24-26-28-30-32-34-36-43(49)55-41(40-54-47-46(52)45(51)44(50)42(38-48)56-47)39-53-37-35-33-31-29-27-25-18-16-14-12-10-8-6-4-2/h8,10-11,13-14,16-17,19,21-22,41-42,44-48,50-52H,3-7,9,12,15,18,20,23-40H2,1-2H3/b10-8-,13-11-,16-14-,19-17-,22-21-. The predicted molar refractivity (Wildman–Crippen MR) is 228 cm³/mol. The van der Waals surface area contributed by atoms with Gasteiger partial charge in [0.25, 0.3) is 0 Å². The van der Waals surface area contributed by atoms with Crippen LogP contribution in [0.3, 0.4) is 0 Å². The van der Waals surface area contributed by atoms with Gasteiger partial charge in [-0.2, -0.15) is 0 Å². The van der Waals surface area contributed by atoms with Gasteiger partial charge in [-0.05, 0) is 77.0 Å². The Labute approximate surface area is 341 Å².